The Morgan fingerprint density at radius 2 is 1.90 bits per heavy atom. The van der Waals surface area contributed by atoms with Crippen molar-refractivity contribution in [3.05, 3.63) is 53.5 Å². The molecule has 1 aromatic heterocycles. The van der Waals surface area contributed by atoms with Crippen LogP contribution in [0.3, 0.4) is 0 Å². The normalized spacial score (nSPS) is 14.6. The van der Waals surface area contributed by atoms with Crippen LogP contribution in [0.2, 0.25) is 0 Å². The third-order valence-electron chi connectivity index (χ3n) is 3.77. The first-order valence-electron chi connectivity index (χ1n) is 7.75. The van der Waals surface area contributed by atoms with Crippen LogP contribution in [0.1, 0.15) is 49.7 Å². The van der Waals surface area contributed by atoms with Gasteiger partial charge in [-0.15, -0.1) is 0 Å². The molecule has 3 nitrogen and oxygen atoms in total. The zero-order valence-electron chi connectivity index (χ0n) is 12.8. The van der Waals surface area contributed by atoms with Gasteiger partial charge in [-0.1, -0.05) is 32.0 Å². The molecule has 1 aromatic carbocycles. The van der Waals surface area contributed by atoms with Gasteiger partial charge >= 0.3 is 0 Å². The van der Waals surface area contributed by atoms with Crippen molar-refractivity contribution in [3.8, 4) is 5.75 Å². The van der Waals surface area contributed by atoms with Crippen molar-refractivity contribution in [1.82, 2.24) is 5.32 Å². The Balaban J connectivity index is 1.57. The maximum atomic E-state index is 5.92. The number of hydrogen-bond donors (Lipinski definition) is 1. The molecular weight excluding hydrogens is 262 g/mol. The number of nitrogens with one attached hydrogen (secondary N) is 1. The summed E-state index contributed by atoms with van der Waals surface area (Å²) in [7, 11) is 0. The van der Waals surface area contributed by atoms with Gasteiger partial charge in [0, 0.05) is 6.04 Å². The summed E-state index contributed by atoms with van der Waals surface area (Å²) in [5, 5.41) is 3.45. The molecule has 0 spiro atoms. The van der Waals surface area contributed by atoms with Crippen LogP contribution < -0.4 is 10.1 Å². The van der Waals surface area contributed by atoms with Crippen molar-refractivity contribution in [1.29, 1.82) is 0 Å². The summed E-state index contributed by atoms with van der Waals surface area (Å²) in [5.74, 6) is 3.26. The largest absolute Gasteiger partial charge is 0.485 e. The molecule has 1 fully saturated rings. The van der Waals surface area contributed by atoms with Crippen molar-refractivity contribution in [3.63, 3.8) is 0 Å². The minimum Gasteiger partial charge on any atom is -0.485 e. The maximum Gasteiger partial charge on any atom is 0.146 e. The van der Waals surface area contributed by atoms with Gasteiger partial charge in [-0.25, -0.2) is 0 Å². The van der Waals surface area contributed by atoms with Crippen LogP contribution in [0.4, 0.5) is 0 Å². The zero-order valence-corrected chi connectivity index (χ0v) is 12.8. The Hall–Kier alpha value is -1.74. The highest BCUT2D eigenvalue weighted by Crippen LogP contribution is 2.27. The highest BCUT2D eigenvalue weighted by Gasteiger charge is 2.20. The molecule has 0 atom stereocenters. The molecule has 2 aromatic rings. The molecule has 3 heteroatoms. The Morgan fingerprint density at radius 3 is 2.67 bits per heavy atom. The van der Waals surface area contributed by atoms with Gasteiger partial charge in [0.15, 0.2) is 0 Å². The SMILES string of the molecule is CC(C)c1ccccc1OCc1ccc(CNC2CC2)o1. The van der Waals surface area contributed by atoms with Crippen LogP contribution in [0.25, 0.3) is 0 Å². The Morgan fingerprint density at radius 1 is 1.14 bits per heavy atom. The Labute approximate surface area is 126 Å². The highest BCUT2D eigenvalue weighted by molar-refractivity contribution is 5.35. The van der Waals surface area contributed by atoms with Crippen LogP contribution in [0.5, 0.6) is 5.75 Å². The van der Waals surface area contributed by atoms with Crippen LogP contribution in [0.15, 0.2) is 40.8 Å². The highest BCUT2D eigenvalue weighted by atomic mass is 16.5. The third kappa shape index (κ3) is 3.88. The molecule has 1 aliphatic rings. The van der Waals surface area contributed by atoms with Gasteiger partial charge < -0.3 is 14.5 Å². The summed E-state index contributed by atoms with van der Waals surface area (Å²) in [4.78, 5) is 0. The van der Waals surface area contributed by atoms with E-state index in [2.05, 4.69) is 31.3 Å². The Kier molecular flexibility index (Phi) is 4.30. The lowest BCUT2D eigenvalue weighted by Crippen LogP contribution is -2.14. The van der Waals surface area contributed by atoms with Crippen molar-refractivity contribution in [2.45, 2.75) is 51.8 Å². The van der Waals surface area contributed by atoms with Crippen molar-refractivity contribution in [2.24, 2.45) is 0 Å². The molecular formula is C18H23NO2. The average Bonchev–Trinajstić information content (AvgIpc) is 3.21. The molecule has 0 amide bonds. The lowest BCUT2D eigenvalue weighted by molar-refractivity contribution is 0.262. The summed E-state index contributed by atoms with van der Waals surface area (Å²) in [5.41, 5.74) is 1.24. The maximum absolute atomic E-state index is 5.92. The van der Waals surface area contributed by atoms with E-state index in [9.17, 15) is 0 Å². The van der Waals surface area contributed by atoms with Gasteiger partial charge in [-0.3, -0.25) is 0 Å². The lowest BCUT2D eigenvalue weighted by Gasteiger charge is -2.12. The summed E-state index contributed by atoms with van der Waals surface area (Å²) in [6.45, 7) is 5.65. The number of hydrogen-bond acceptors (Lipinski definition) is 3. The van der Waals surface area contributed by atoms with Crippen LogP contribution in [-0.4, -0.2) is 6.04 Å². The van der Waals surface area contributed by atoms with Crippen LogP contribution in [0, 0.1) is 0 Å². The van der Waals surface area contributed by atoms with Gasteiger partial charge in [0.05, 0.1) is 6.54 Å². The molecule has 1 aliphatic carbocycles. The molecule has 0 radical (unpaired) electrons. The van der Waals surface area contributed by atoms with E-state index in [1.807, 2.05) is 24.3 Å². The smallest absolute Gasteiger partial charge is 0.146 e. The van der Waals surface area contributed by atoms with Gasteiger partial charge in [-0.2, -0.15) is 0 Å². The second-order valence-corrected chi connectivity index (χ2v) is 6.00. The van der Waals surface area contributed by atoms with Gasteiger partial charge in [0.1, 0.15) is 23.9 Å². The predicted octanol–water partition coefficient (Wildman–Crippen LogP) is 4.23. The minimum atomic E-state index is 0.455. The van der Waals surface area contributed by atoms with E-state index in [4.69, 9.17) is 9.15 Å². The van der Waals surface area contributed by atoms with Crippen LogP contribution >= 0.6 is 0 Å². The van der Waals surface area contributed by atoms with Crippen molar-refractivity contribution in [2.75, 3.05) is 0 Å². The fraction of sp³-hybridized carbons (Fsp3) is 0.444. The first-order chi connectivity index (χ1) is 10.2. The van der Waals surface area contributed by atoms with Gasteiger partial charge in [0.25, 0.3) is 0 Å². The molecule has 0 bridgehead atoms. The first-order valence-corrected chi connectivity index (χ1v) is 7.75. The number of para-hydroxylation sites is 1. The molecule has 1 N–H and O–H groups in total. The third-order valence-corrected chi connectivity index (χ3v) is 3.77. The Bertz CT molecular complexity index is 584. The molecule has 1 heterocycles. The van der Waals surface area contributed by atoms with Gasteiger partial charge in [-0.05, 0) is 42.5 Å². The molecule has 1 saturated carbocycles. The standard InChI is InChI=1S/C18H23NO2/c1-13(2)17-5-3-4-6-18(17)20-12-16-10-9-15(21-16)11-19-14-7-8-14/h3-6,9-10,13-14,19H,7-8,11-12H2,1-2H3. The molecule has 3 rings (SSSR count). The van der Waals surface area contributed by atoms with E-state index >= 15 is 0 Å². The summed E-state index contributed by atoms with van der Waals surface area (Å²) < 4.78 is 11.7. The molecule has 112 valence electrons. The van der Waals surface area contributed by atoms with E-state index in [0.717, 1.165) is 23.8 Å². The quantitative estimate of drug-likeness (QED) is 0.826. The topological polar surface area (TPSA) is 34.4 Å². The lowest BCUT2D eigenvalue weighted by atomic mass is 10.0. The predicted molar refractivity (Wildman–Crippen MR) is 83.4 cm³/mol. The summed E-state index contributed by atoms with van der Waals surface area (Å²) in [6.07, 6.45) is 2.59. The second-order valence-electron chi connectivity index (χ2n) is 6.00. The molecule has 0 aliphatic heterocycles. The van der Waals surface area contributed by atoms with E-state index in [-0.39, 0.29) is 0 Å². The number of furan rings is 1. The first kappa shape index (κ1) is 14.2. The summed E-state index contributed by atoms with van der Waals surface area (Å²) in [6, 6.07) is 12.9. The average molecular weight is 285 g/mol. The molecule has 0 unspecified atom stereocenters. The fourth-order valence-electron chi connectivity index (χ4n) is 2.37. The van der Waals surface area contributed by atoms with E-state index < -0.39 is 0 Å². The number of ether oxygens (including phenoxy) is 1. The second kappa shape index (κ2) is 6.35. The number of rotatable bonds is 7. The zero-order chi connectivity index (χ0) is 14.7. The van der Waals surface area contributed by atoms with Crippen molar-refractivity contribution < 1.29 is 9.15 Å². The number of benzene rings is 1. The van der Waals surface area contributed by atoms with E-state index in [1.165, 1.54) is 18.4 Å². The van der Waals surface area contributed by atoms with Crippen LogP contribution in [-0.2, 0) is 13.2 Å². The fourth-order valence-corrected chi connectivity index (χ4v) is 2.37. The summed E-state index contributed by atoms with van der Waals surface area (Å²) >= 11 is 0. The van der Waals surface area contributed by atoms with Crippen molar-refractivity contribution >= 4 is 0 Å². The molecule has 21 heavy (non-hydrogen) atoms. The van der Waals surface area contributed by atoms with E-state index in [0.29, 0.717) is 18.6 Å². The minimum absolute atomic E-state index is 0.455. The monoisotopic (exact) mass is 285 g/mol. The van der Waals surface area contributed by atoms with Gasteiger partial charge in [0.2, 0.25) is 0 Å². The van der Waals surface area contributed by atoms with E-state index in [1.54, 1.807) is 0 Å². The molecule has 0 saturated heterocycles.